The number of guanidine groups is 1. The predicted octanol–water partition coefficient (Wildman–Crippen LogP) is -1.01. The zero-order valence-corrected chi connectivity index (χ0v) is 8.13. The van der Waals surface area contributed by atoms with Crippen LogP contribution in [0.3, 0.4) is 0 Å². The number of nitrogens with two attached hydrogens (primary N) is 2. The van der Waals surface area contributed by atoms with E-state index in [0.29, 0.717) is 0 Å². The lowest BCUT2D eigenvalue weighted by Gasteiger charge is -2.26. The summed E-state index contributed by atoms with van der Waals surface area (Å²) in [5.41, 5.74) is 5.45. The Labute approximate surface area is 77.8 Å². The van der Waals surface area contributed by atoms with Gasteiger partial charge in [0.1, 0.15) is 0 Å². The van der Waals surface area contributed by atoms with Crippen LogP contribution in [0.5, 0.6) is 0 Å². The van der Waals surface area contributed by atoms with Crippen molar-refractivity contribution in [3.05, 3.63) is 0 Å². The van der Waals surface area contributed by atoms with Crippen molar-refractivity contribution in [1.29, 1.82) is 0 Å². The summed E-state index contributed by atoms with van der Waals surface area (Å²) in [4.78, 5) is 1.73. The lowest BCUT2D eigenvalue weighted by molar-refractivity contribution is 0.339. The first kappa shape index (κ1) is 10.3. The zero-order chi connectivity index (χ0) is 9.90. The molecule has 4 N–H and O–H groups in total. The minimum absolute atomic E-state index is 0.00204. The summed E-state index contributed by atoms with van der Waals surface area (Å²) in [6.07, 6.45) is 3.18. The first-order valence-corrected chi connectivity index (χ1v) is 5.62. The van der Waals surface area contributed by atoms with Crippen LogP contribution in [0.4, 0.5) is 0 Å². The molecule has 0 aromatic rings. The van der Waals surface area contributed by atoms with E-state index in [1.165, 1.54) is 0 Å². The highest BCUT2D eigenvalue weighted by molar-refractivity contribution is 7.88. The van der Waals surface area contributed by atoms with Gasteiger partial charge >= 0.3 is 10.2 Å². The molecule has 1 fully saturated rings. The number of likely N-dealkylation sites (tertiary alicyclic amines) is 1. The molecule has 1 heterocycles. The van der Waals surface area contributed by atoms with Gasteiger partial charge in [0, 0.05) is 13.1 Å². The maximum atomic E-state index is 10.6. The third kappa shape index (κ3) is 3.60. The molecule has 1 aliphatic heterocycles. The van der Waals surface area contributed by atoms with E-state index >= 15 is 0 Å². The molecule has 0 bridgehead atoms. The van der Waals surface area contributed by atoms with Crippen LogP contribution in [0.1, 0.15) is 19.3 Å². The monoisotopic (exact) mass is 206 g/mol. The van der Waals surface area contributed by atoms with Gasteiger partial charge in [0.05, 0.1) is 0 Å². The fourth-order valence-corrected chi connectivity index (χ4v) is 1.69. The third-order valence-electron chi connectivity index (χ3n) is 1.90. The SMILES string of the molecule is N/C(=N\S(N)(=O)=O)N1CCCCC1. The molecule has 0 atom stereocenters. The molecule has 1 aliphatic rings. The average Bonchev–Trinajstić information content (AvgIpc) is 2.03. The molecule has 1 saturated heterocycles. The molecule has 0 aliphatic carbocycles. The highest BCUT2D eigenvalue weighted by atomic mass is 32.2. The molecule has 1 rings (SSSR count). The number of hydrogen-bond acceptors (Lipinski definition) is 2. The van der Waals surface area contributed by atoms with Crippen LogP contribution < -0.4 is 10.9 Å². The largest absolute Gasteiger partial charge is 0.369 e. The van der Waals surface area contributed by atoms with E-state index in [2.05, 4.69) is 4.40 Å². The van der Waals surface area contributed by atoms with Gasteiger partial charge in [-0.25, -0.2) is 5.14 Å². The third-order valence-corrected chi connectivity index (χ3v) is 2.34. The normalized spacial score (nSPS) is 20.4. The van der Waals surface area contributed by atoms with Crippen LogP contribution in [0.2, 0.25) is 0 Å². The molecule has 0 radical (unpaired) electrons. The molecule has 7 heteroatoms. The van der Waals surface area contributed by atoms with Crippen LogP contribution >= 0.6 is 0 Å². The number of rotatable bonds is 1. The molecule has 0 amide bonds. The molecule has 0 saturated carbocycles. The summed E-state index contributed by atoms with van der Waals surface area (Å²) < 4.78 is 24.3. The van der Waals surface area contributed by atoms with Crippen molar-refractivity contribution in [3.63, 3.8) is 0 Å². The highest BCUT2D eigenvalue weighted by Crippen LogP contribution is 2.07. The average molecular weight is 206 g/mol. The van der Waals surface area contributed by atoms with Crippen LogP contribution in [-0.2, 0) is 10.2 Å². The van der Waals surface area contributed by atoms with Crippen molar-refractivity contribution in [1.82, 2.24) is 4.90 Å². The lowest BCUT2D eigenvalue weighted by Crippen LogP contribution is -2.41. The molecule has 0 aromatic carbocycles. The molecule has 0 unspecified atom stereocenters. The van der Waals surface area contributed by atoms with Crippen molar-refractivity contribution in [2.24, 2.45) is 15.3 Å². The van der Waals surface area contributed by atoms with Gasteiger partial charge in [-0.1, -0.05) is 0 Å². The van der Waals surface area contributed by atoms with Gasteiger partial charge in [-0.05, 0) is 19.3 Å². The van der Waals surface area contributed by atoms with E-state index in [0.717, 1.165) is 32.4 Å². The number of nitrogens with zero attached hydrogens (tertiary/aromatic N) is 2. The van der Waals surface area contributed by atoms with Crippen LogP contribution in [0.25, 0.3) is 0 Å². The predicted molar refractivity (Wildman–Crippen MR) is 50.2 cm³/mol. The number of piperidine rings is 1. The molecule has 0 spiro atoms. The Balaban J connectivity index is 2.65. The molecular formula is C6H14N4O2S. The van der Waals surface area contributed by atoms with Crippen molar-refractivity contribution in [2.45, 2.75) is 19.3 Å². The van der Waals surface area contributed by atoms with E-state index in [-0.39, 0.29) is 5.96 Å². The molecule has 0 aromatic heterocycles. The summed E-state index contributed by atoms with van der Waals surface area (Å²) in [5.74, 6) is 0.00204. The fourth-order valence-electron chi connectivity index (χ4n) is 1.31. The van der Waals surface area contributed by atoms with Crippen molar-refractivity contribution in [3.8, 4) is 0 Å². The Kier molecular flexibility index (Phi) is 3.10. The molecule has 13 heavy (non-hydrogen) atoms. The van der Waals surface area contributed by atoms with Gasteiger partial charge in [0.25, 0.3) is 0 Å². The van der Waals surface area contributed by atoms with E-state index in [1.807, 2.05) is 0 Å². The summed E-state index contributed by atoms with van der Waals surface area (Å²) >= 11 is 0. The maximum Gasteiger partial charge on any atom is 0.320 e. The molecule has 6 nitrogen and oxygen atoms in total. The first-order chi connectivity index (χ1) is 5.99. The van der Waals surface area contributed by atoms with Crippen LogP contribution in [-0.4, -0.2) is 32.4 Å². The van der Waals surface area contributed by atoms with Crippen molar-refractivity contribution >= 4 is 16.2 Å². The second kappa shape index (κ2) is 3.93. The van der Waals surface area contributed by atoms with Gasteiger partial charge in [-0.2, -0.15) is 8.42 Å². The van der Waals surface area contributed by atoms with Gasteiger partial charge in [-0.3, -0.25) is 0 Å². The second-order valence-electron chi connectivity index (χ2n) is 3.01. The highest BCUT2D eigenvalue weighted by Gasteiger charge is 2.13. The standard InChI is InChI=1S/C6H14N4O2S/c7-6(9-13(8,11)12)10-4-2-1-3-5-10/h1-5H2,(H2,7,9)(H2,8,11,12). The summed E-state index contributed by atoms with van der Waals surface area (Å²) in [6.45, 7) is 1.51. The second-order valence-corrected chi connectivity index (χ2v) is 4.22. The quantitative estimate of drug-likeness (QED) is 0.424. The van der Waals surface area contributed by atoms with Crippen molar-refractivity contribution in [2.75, 3.05) is 13.1 Å². The van der Waals surface area contributed by atoms with E-state index in [9.17, 15) is 8.42 Å². The van der Waals surface area contributed by atoms with E-state index in [1.54, 1.807) is 4.90 Å². The number of hydrogen-bond donors (Lipinski definition) is 2. The first-order valence-electron chi connectivity index (χ1n) is 4.12. The zero-order valence-electron chi connectivity index (χ0n) is 7.31. The molecular weight excluding hydrogens is 192 g/mol. The topological polar surface area (TPSA) is 102 Å². The summed E-state index contributed by atoms with van der Waals surface area (Å²) in [6, 6.07) is 0. The van der Waals surface area contributed by atoms with E-state index < -0.39 is 10.2 Å². The Morgan fingerprint density at radius 1 is 1.23 bits per heavy atom. The molecule has 76 valence electrons. The van der Waals surface area contributed by atoms with Crippen LogP contribution in [0, 0.1) is 0 Å². The summed E-state index contributed by atoms with van der Waals surface area (Å²) in [7, 11) is -3.85. The van der Waals surface area contributed by atoms with E-state index in [4.69, 9.17) is 10.9 Å². The maximum absolute atomic E-state index is 10.6. The van der Waals surface area contributed by atoms with Gasteiger partial charge in [-0.15, -0.1) is 4.40 Å². The van der Waals surface area contributed by atoms with Crippen molar-refractivity contribution < 1.29 is 8.42 Å². The fraction of sp³-hybridized carbons (Fsp3) is 0.833. The Morgan fingerprint density at radius 2 is 1.77 bits per heavy atom. The van der Waals surface area contributed by atoms with Gasteiger partial charge < -0.3 is 10.6 Å². The minimum atomic E-state index is -3.85. The smallest absolute Gasteiger partial charge is 0.320 e. The Bertz CT molecular complexity index is 292. The lowest BCUT2D eigenvalue weighted by atomic mass is 10.1. The Hall–Kier alpha value is -0.820. The van der Waals surface area contributed by atoms with Gasteiger partial charge in [0.2, 0.25) is 5.96 Å². The Morgan fingerprint density at radius 3 is 2.23 bits per heavy atom. The minimum Gasteiger partial charge on any atom is -0.369 e. The summed E-state index contributed by atoms with van der Waals surface area (Å²) in [5, 5.41) is 4.72. The van der Waals surface area contributed by atoms with Crippen LogP contribution in [0.15, 0.2) is 4.40 Å². The van der Waals surface area contributed by atoms with Gasteiger partial charge in [0.15, 0.2) is 0 Å².